The zero-order valence-corrected chi connectivity index (χ0v) is 20.5. The minimum absolute atomic E-state index is 0.351. The Balaban J connectivity index is 1.29. The van der Waals surface area contributed by atoms with Crippen LogP contribution in [0.2, 0.25) is 5.02 Å². The largest absolute Gasteiger partial charge is 0.490 e. The first-order valence-corrected chi connectivity index (χ1v) is 12.8. The third-order valence-electron chi connectivity index (χ3n) is 7.41. The number of hydrogen-bond donors (Lipinski definition) is 1. The molecule has 0 radical (unpaired) electrons. The molecule has 3 nitrogen and oxygen atoms in total. The van der Waals surface area contributed by atoms with Crippen molar-refractivity contribution < 1.29 is 9.47 Å². The molecule has 4 fully saturated rings. The molecule has 0 aliphatic heterocycles. The van der Waals surface area contributed by atoms with Gasteiger partial charge in [0.05, 0.1) is 6.61 Å². The predicted octanol–water partition coefficient (Wildman–Crippen LogP) is 7.14. The highest BCUT2D eigenvalue weighted by Gasteiger charge is 2.50. The molecule has 4 saturated carbocycles. The van der Waals surface area contributed by atoms with Crippen LogP contribution in [-0.4, -0.2) is 12.1 Å². The van der Waals surface area contributed by atoms with Crippen LogP contribution < -0.4 is 14.8 Å². The molecule has 4 bridgehead atoms. The van der Waals surface area contributed by atoms with Crippen LogP contribution in [0.25, 0.3) is 0 Å². The van der Waals surface area contributed by atoms with Crippen molar-refractivity contribution in [1.29, 1.82) is 0 Å². The van der Waals surface area contributed by atoms with E-state index in [1.807, 2.05) is 31.2 Å². The molecule has 0 saturated heterocycles. The summed E-state index contributed by atoms with van der Waals surface area (Å²) in [5.74, 6) is 4.42. The Bertz CT molecular complexity index is 894. The Morgan fingerprint density at radius 1 is 0.968 bits per heavy atom. The number of benzene rings is 2. The summed E-state index contributed by atoms with van der Waals surface area (Å²) < 4.78 is 13.1. The Kier molecular flexibility index (Phi) is 6.24. The molecule has 2 aromatic rings. The van der Waals surface area contributed by atoms with Gasteiger partial charge in [-0.3, -0.25) is 0 Å². The van der Waals surface area contributed by atoms with E-state index < -0.39 is 0 Å². The van der Waals surface area contributed by atoms with Gasteiger partial charge in [0.25, 0.3) is 0 Å². The highest BCUT2D eigenvalue weighted by atomic mass is 79.9. The third-order valence-corrected chi connectivity index (χ3v) is 8.40. The van der Waals surface area contributed by atoms with Crippen LogP contribution in [0.3, 0.4) is 0 Å². The molecule has 4 aliphatic carbocycles. The van der Waals surface area contributed by atoms with Crippen molar-refractivity contribution in [2.75, 3.05) is 6.61 Å². The van der Waals surface area contributed by atoms with E-state index in [-0.39, 0.29) is 0 Å². The van der Waals surface area contributed by atoms with Gasteiger partial charge in [0.2, 0.25) is 0 Å². The average Bonchev–Trinajstić information content (AvgIpc) is 2.73. The van der Waals surface area contributed by atoms with Crippen LogP contribution in [0.15, 0.2) is 40.9 Å². The summed E-state index contributed by atoms with van der Waals surface area (Å²) in [5, 5.41) is 4.73. The summed E-state index contributed by atoms with van der Waals surface area (Å²) in [5.41, 5.74) is 2.66. The van der Waals surface area contributed by atoms with Gasteiger partial charge in [-0.2, -0.15) is 0 Å². The van der Waals surface area contributed by atoms with E-state index in [0.29, 0.717) is 18.8 Å². The van der Waals surface area contributed by atoms with Crippen molar-refractivity contribution >= 4 is 27.5 Å². The van der Waals surface area contributed by atoms with Crippen molar-refractivity contribution in [2.24, 2.45) is 17.8 Å². The minimum atomic E-state index is 0.351. The van der Waals surface area contributed by atoms with Crippen LogP contribution >= 0.6 is 27.5 Å². The molecule has 5 heteroatoms. The molecule has 2 aromatic carbocycles. The molecular formula is C26H31BrClNO2. The van der Waals surface area contributed by atoms with E-state index in [1.165, 1.54) is 44.1 Å². The molecule has 6 rings (SSSR count). The molecular weight excluding hydrogens is 474 g/mol. The van der Waals surface area contributed by atoms with Gasteiger partial charge in [-0.1, -0.05) is 39.7 Å². The summed E-state index contributed by atoms with van der Waals surface area (Å²) in [7, 11) is 0. The van der Waals surface area contributed by atoms with E-state index >= 15 is 0 Å². The SMILES string of the molecule is CCOc1cc(CNC23CC4CC(CC(C4)C2)C3)c(Br)cc1OCc1ccc(Cl)cc1. The van der Waals surface area contributed by atoms with Crippen molar-refractivity contribution in [1.82, 2.24) is 5.32 Å². The van der Waals surface area contributed by atoms with Gasteiger partial charge >= 0.3 is 0 Å². The van der Waals surface area contributed by atoms with Gasteiger partial charge in [0.1, 0.15) is 6.61 Å². The molecule has 4 aliphatic rings. The first-order valence-electron chi connectivity index (χ1n) is 11.6. The second-order valence-electron chi connectivity index (χ2n) is 9.79. The minimum Gasteiger partial charge on any atom is -0.490 e. The maximum absolute atomic E-state index is 6.11. The fourth-order valence-electron chi connectivity index (χ4n) is 6.45. The molecule has 0 amide bonds. The van der Waals surface area contributed by atoms with Crippen LogP contribution in [0.1, 0.15) is 56.6 Å². The fraction of sp³-hybridized carbons (Fsp3) is 0.538. The normalized spacial score (nSPS) is 28.7. The van der Waals surface area contributed by atoms with E-state index in [2.05, 4.69) is 33.4 Å². The van der Waals surface area contributed by atoms with Crippen LogP contribution in [0.5, 0.6) is 11.5 Å². The topological polar surface area (TPSA) is 30.5 Å². The van der Waals surface area contributed by atoms with Crippen molar-refractivity contribution in [3.8, 4) is 11.5 Å². The van der Waals surface area contributed by atoms with E-state index in [0.717, 1.165) is 50.9 Å². The molecule has 1 N–H and O–H groups in total. The Hall–Kier alpha value is -1.23. The second-order valence-corrected chi connectivity index (χ2v) is 11.1. The van der Waals surface area contributed by atoms with Crippen LogP contribution in [0.4, 0.5) is 0 Å². The summed E-state index contributed by atoms with van der Waals surface area (Å²) in [6.45, 7) is 3.97. The monoisotopic (exact) mass is 503 g/mol. The average molecular weight is 505 g/mol. The highest BCUT2D eigenvalue weighted by Crippen LogP contribution is 2.55. The van der Waals surface area contributed by atoms with Gasteiger partial charge in [0.15, 0.2) is 11.5 Å². The lowest BCUT2D eigenvalue weighted by Crippen LogP contribution is -2.58. The van der Waals surface area contributed by atoms with Gasteiger partial charge in [-0.15, -0.1) is 0 Å². The Morgan fingerprint density at radius 3 is 2.19 bits per heavy atom. The van der Waals surface area contributed by atoms with Gasteiger partial charge in [-0.25, -0.2) is 0 Å². The summed E-state index contributed by atoms with van der Waals surface area (Å²) >= 11 is 9.77. The van der Waals surface area contributed by atoms with Gasteiger partial charge < -0.3 is 14.8 Å². The molecule has 166 valence electrons. The lowest BCUT2D eigenvalue weighted by Gasteiger charge is -2.57. The standard InChI is InChI=1S/C26H31BrClNO2/c1-2-30-24-10-21(15-29-26-12-18-7-19(13-26)9-20(8-18)14-26)23(27)11-25(24)31-16-17-3-5-22(28)6-4-17/h3-6,10-11,18-20,29H,2,7-9,12-16H2,1H3. The quantitative estimate of drug-likeness (QED) is 0.414. The number of hydrogen-bond acceptors (Lipinski definition) is 3. The fourth-order valence-corrected chi connectivity index (χ4v) is 7.03. The lowest BCUT2D eigenvalue weighted by molar-refractivity contribution is -0.0206. The van der Waals surface area contributed by atoms with E-state index in [9.17, 15) is 0 Å². The molecule has 0 heterocycles. The first-order chi connectivity index (χ1) is 15.0. The van der Waals surface area contributed by atoms with E-state index in [1.54, 1.807) is 0 Å². The second kappa shape index (κ2) is 8.96. The van der Waals surface area contributed by atoms with Gasteiger partial charge in [-0.05, 0) is 98.6 Å². The third kappa shape index (κ3) is 4.77. The smallest absolute Gasteiger partial charge is 0.162 e. The number of halogens is 2. The lowest BCUT2D eigenvalue weighted by atomic mass is 9.53. The molecule has 0 unspecified atom stereocenters. The number of ether oxygens (including phenoxy) is 2. The van der Waals surface area contributed by atoms with Crippen molar-refractivity contribution in [3.05, 3.63) is 57.0 Å². The molecule has 0 aromatic heterocycles. The first kappa shape index (κ1) is 21.6. The summed E-state index contributed by atoms with van der Waals surface area (Å²) in [4.78, 5) is 0. The Morgan fingerprint density at radius 2 is 1.58 bits per heavy atom. The highest BCUT2D eigenvalue weighted by molar-refractivity contribution is 9.10. The zero-order chi connectivity index (χ0) is 21.4. The number of rotatable bonds is 8. The van der Waals surface area contributed by atoms with Crippen molar-refractivity contribution in [3.63, 3.8) is 0 Å². The van der Waals surface area contributed by atoms with Gasteiger partial charge in [0, 0.05) is 21.6 Å². The maximum atomic E-state index is 6.11. The van der Waals surface area contributed by atoms with Crippen molar-refractivity contribution in [2.45, 2.75) is 64.1 Å². The molecule has 0 atom stereocenters. The Labute approximate surface area is 199 Å². The zero-order valence-electron chi connectivity index (χ0n) is 18.1. The predicted molar refractivity (Wildman–Crippen MR) is 129 cm³/mol. The summed E-state index contributed by atoms with van der Waals surface area (Å²) in [6, 6.07) is 11.9. The van der Waals surface area contributed by atoms with Crippen LogP contribution in [0, 0.1) is 17.8 Å². The van der Waals surface area contributed by atoms with Crippen LogP contribution in [-0.2, 0) is 13.2 Å². The maximum Gasteiger partial charge on any atom is 0.162 e. The number of nitrogens with one attached hydrogen (secondary N) is 1. The molecule has 0 spiro atoms. The molecule has 31 heavy (non-hydrogen) atoms. The van der Waals surface area contributed by atoms with E-state index in [4.69, 9.17) is 21.1 Å². The summed E-state index contributed by atoms with van der Waals surface area (Å²) in [6.07, 6.45) is 8.49.